The third-order valence-electron chi connectivity index (χ3n) is 6.28. The zero-order valence-electron chi connectivity index (χ0n) is 16.2. The number of aromatic nitrogens is 1. The Morgan fingerprint density at radius 1 is 1.10 bits per heavy atom. The molecular formula is C22H22F2N4O. The van der Waals surface area contributed by atoms with Gasteiger partial charge >= 0.3 is 0 Å². The molecule has 1 amide bonds. The van der Waals surface area contributed by atoms with Crippen LogP contribution >= 0.6 is 0 Å². The number of pyridine rings is 1. The van der Waals surface area contributed by atoms with Crippen molar-refractivity contribution in [2.45, 2.75) is 44.2 Å². The van der Waals surface area contributed by atoms with Gasteiger partial charge in [-0.1, -0.05) is 0 Å². The van der Waals surface area contributed by atoms with Crippen LogP contribution in [-0.2, 0) is 4.79 Å². The summed E-state index contributed by atoms with van der Waals surface area (Å²) in [7, 11) is 0. The molecule has 29 heavy (non-hydrogen) atoms. The standard InChI is InChI=1S/C22H22F2N4O/c1-14-4-7-25-20(10-14)27-8-5-22(6-9-27)21(29)28-18(2-3-19(28)26-22)15-11-16(23)13-17(24)12-15/h4,7,10-13,18H,2-3,5-6,8-9H2,1H3. The molecule has 0 N–H and O–H groups in total. The maximum absolute atomic E-state index is 13.7. The van der Waals surface area contributed by atoms with Crippen molar-refractivity contribution in [3.8, 4) is 0 Å². The summed E-state index contributed by atoms with van der Waals surface area (Å²) in [4.78, 5) is 26.6. The molecule has 1 atom stereocenters. The molecule has 0 saturated carbocycles. The first-order valence-electron chi connectivity index (χ1n) is 10.0. The summed E-state index contributed by atoms with van der Waals surface area (Å²) in [6, 6.07) is 7.16. The minimum atomic E-state index is -0.750. The summed E-state index contributed by atoms with van der Waals surface area (Å²) < 4.78 is 27.4. The monoisotopic (exact) mass is 396 g/mol. The molecule has 0 bridgehead atoms. The fraction of sp³-hybridized carbons (Fsp3) is 0.409. The van der Waals surface area contributed by atoms with Crippen molar-refractivity contribution in [2.75, 3.05) is 18.0 Å². The first-order valence-corrected chi connectivity index (χ1v) is 10.0. The minimum absolute atomic E-state index is 0.0310. The number of amidine groups is 1. The molecule has 7 heteroatoms. The molecule has 0 radical (unpaired) electrons. The first-order chi connectivity index (χ1) is 13.9. The van der Waals surface area contributed by atoms with E-state index in [4.69, 9.17) is 4.99 Å². The summed E-state index contributed by atoms with van der Waals surface area (Å²) >= 11 is 0. The number of aliphatic imine (C=N–C) groups is 1. The van der Waals surface area contributed by atoms with Gasteiger partial charge in [0.1, 0.15) is 28.8 Å². The molecule has 5 rings (SSSR count). The van der Waals surface area contributed by atoms with Crippen LogP contribution in [0.1, 0.15) is 42.9 Å². The lowest BCUT2D eigenvalue weighted by atomic mass is 9.87. The quantitative estimate of drug-likeness (QED) is 0.776. The van der Waals surface area contributed by atoms with E-state index in [2.05, 4.69) is 9.88 Å². The van der Waals surface area contributed by atoms with Crippen LogP contribution in [0.15, 0.2) is 41.5 Å². The predicted octanol–water partition coefficient (Wildman–Crippen LogP) is 3.78. The zero-order chi connectivity index (χ0) is 20.2. The number of benzene rings is 1. The number of carbonyl (C=O) groups excluding carboxylic acids is 1. The van der Waals surface area contributed by atoms with Crippen molar-refractivity contribution >= 4 is 17.6 Å². The van der Waals surface area contributed by atoms with E-state index in [9.17, 15) is 13.6 Å². The maximum atomic E-state index is 13.7. The van der Waals surface area contributed by atoms with Gasteiger partial charge in [0.2, 0.25) is 0 Å². The van der Waals surface area contributed by atoms with E-state index in [0.29, 0.717) is 44.3 Å². The Hall–Kier alpha value is -2.83. The number of carbonyl (C=O) groups is 1. The van der Waals surface area contributed by atoms with Gasteiger partial charge in [0.05, 0.1) is 6.04 Å². The van der Waals surface area contributed by atoms with E-state index in [1.165, 1.54) is 12.1 Å². The summed E-state index contributed by atoms with van der Waals surface area (Å²) in [5, 5.41) is 0. The predicted molar refractivity (Wildman–Crippen MR) is 106 cm³/mol. The fourth-order valence-corrected chi connectivity index (χ4v) is 4.79. The topological polar surface area (TPSA) is 48.8 Å². The van der Waals surface area contributed by atoms with Crippen molar-refractivity contribution < 1.29 is 13.6 Å². The van der Waals surface area contributed by atoms with Gasteiger partial charge in [-0.05, 0) is 61.6 Å². The lowest BCUT2D eigenvalue weighted by Crippen LogP contribution is -2.50. The second-order valence-corrected chi connectivity index (χ2v) is 8.17. The number of nitrogens with zero attached hydrogens (tertiary/aromatic N) is 4. The second kappa shape index (κ2) is 6.61. The van der Waals surface area contributed by atoms with Gasteiger partial charge in [-0.25, -0.2) is 13.8 Å². The molecule has 1 aromatic carbocycles. The molecule has 1 aromatic heterocycles. The van der Waals surface area contributed by atoms with E-state index in [0.717, 1.165) is 23.3 Å². The van der Waals surface area contributed by atoms with Crippen LogP contribution in [0.2, 0.25) is 0 Å². The average molecular weight is 396 g/mol. The molecule has 1 spiro atoms. The van der Waals surface area contributed by atoms with E-state index in [1.807, 2.05) is 19.1 Å². The molecule has 3 aliphatic heterocycles. The van der Waals surface area contributed by atoms with Gasteiger partial charge < -0.3 is 4.90 Å². The number of hydrogen-bond donors (Lipinski definition) is 0. The van der Waals surface area contributed by atoms with Crippen molar-refractivity contribution in [1.29, 1.82) is 0 Å². The minimum Gasteiger partial charge on any atom is -0.356 e. The average Bonchev–Trinajstić information content (AvgIpc) is 3.20. The van der Waals surface area contributed by atoms with Crippen molar-refractivity contribution in [1.82, 2.24) is 9.88 Å². The Labute approximate surface area is 168 Å². The van der Waals surface area contributed by atoms with Gasteiger partial charge in [-0.2, -0.15) is 0 Å². The first kappa shape index (κ1) is 18.2. The second-order valence-electron chi connectivity index (χ2n) is 8.17. The summed E-state index contributed by atoms with van der Waals surface area (Å²) in [5.41, 5.74) is 0.901. The number of rotatable bonds is 2. The molecule has 0 aliphatic carbocycles. The summed E-state index contributed by atoms with van der Waals surface area (Å²) in [6.07, 6.45) is 4.33. The molecule has 2 aromatic rings. The number of aryl methyl sites for hydroxylation is 1. The van der Waals surface area contributed by atoms with Crippen LogP contribution in [-0.4, -0.2) is 40.3 Å². The van der Waals surface area contributed by atoms with Gasteiger partial charge in [-0.15, -0.1) is 0 Å². The number of anilines is 1. The van der Waals surface area contributed by atoms with Gasteiger partial charge in [0, 0.05) is 31.8 Å². The van der Waals surface area contributed by atoms with E-state index >= 15 is 0 Å². The number of hydrogen-bond acceptors (Lipinski definition) is 4. The van der Waals surface area contributed by atoms with Gasteiger partial charge in [-0.3, -0.25) is 14.7 Å². The molecule has 2 saturated heterocycles. The smallest absolute Gasteiger partial charge is 0.256 e. The van der Waals surface area contributed by atoms with Crippen molar-refractivity contribution in [3.05, 3.63) is 59.3 Å². The lowest BCUT2D eigenvalue weighted by molar-refractivity contribution is -0.133. The SMILES string of the molecule is Cc1ccnc(N2CCC3(CC2)N=C2CCC(c4cc(F)cc(F)c4)N2C3=O)c1. The fourth-order valence-electron chi connectivity index (χ4n) is 4.79. The molecule has 3 aliphatic rings. The van der Waals surface area contributed by atoms with Crippen LogP contribution in [0.5, 0.6) is 0 Å². The molecule has 150 valence electrons. The van der Waals surface area contributed by atoms with Crippen LogP contribution < -0.4 is 4.90 Å². The highest BCUT2D eigenvalue weighted by molar-refractivity contribution is 6.10. The molecule has 2 fully saturated rings. The molecule has 4 heterocycles. The third-order valence-corrected chi connectivity index (χ3v) is 6.28. The van der Waals surface area contributed by atoms with Crippen LogP contribution in [0.3, 0.4) is 0 Å². The van der Waals surface area contributed by atoms with E-state index in [-0.39, 0.29) is 11.9 Å². The zero-order valence-corrected chi connectivity index (χ0v) is 16.2. The maximum Gasteiger partial charge on any atom is 0.256 e. The number of fused-ring (bicyclic) bond motifs is 1. The Bertz CT molecular complexity index is 993. The molecular weight excluding hydrogens is 374 g/mol. The Morgan fingerprint density at radius 3 is 2.52 bits per heavy atom. The Kier molecular flexibility index (Phi) is 4.15. The molecule has 5 nitrogen and oxygen atoms in total. The summed E-state index contributed by atoms with van der Waals surface area (Å²) in [6.45, 7) is 3.44. The Balaban J connectivity index is 1.37. The van der Waals surface area contributed by atoms with Crippen LogP contribution in [0, 0.1) is 18.6 Å². The molecule has 1 unspecified atom stereocenters. The number of halogens is 2. The normalized spacial score (nSPS) is 22.9. The van der Waals surface area contributed by atoms with Crippen molar-refractivity contribution in [2.24, 2.45) is 4.99 Å². The van der Waals surface area contributed by atoms with Crippen LogP contribution in [0.4, 0.5) is 14.6 Å². The highest BCUT2D eigenvalue weighted by Crippen LogP contribution is 2.44. The summed E-state index contributed by atoms with van der Waals surface area (Å²) in [5.74, 6) is 0.409. The Morgan fingerprint density at radius 2 is 1.83 bits per heavy atom. The highest BCUT2D eigenvalue weighted by atomic mass is 19.1. The van der Waals surface area contributed by atoms with Gasteiger partial charge in [0.15, 0.2) is 0 Å². The van der Waals surface area contributed by atoms with E-state index in [1.54, 1.807) is 11.1 Å². The largest absolute Gasteiger partial charge is 0.356 e. The van der Waals surface area contributed by atoms with Crippen molar-refractivity contribution in [3.63, 3.8) is 0 Å². The number of amides is 1. The third kappa shape index (κ3) is 2.99. The van der Waals surface area contributed by atoms with Crippen LogP contribution in [0.25, 0.3) is 0 Å². The number of piperidine rings is 1. The van der Waals surface area contributed by atoms with E-state index < -0.39 is 17.2 Å². The lowest BCUT2D eigenvalue weighted by Gasteiger charge is -2.37. The highest BCUT2D eigenvalue weighted by Gasteiger charge is 2.53. The van der Waals surface area contributed by atoms with Gasteiger partial charge in [0.25, 0.3) is 5.91 Å².